The molecular formula is C23H24N8O2S. The molecule has 1 aromatic carbocycles. The number of thiophene rings is 1. The van der Waals surface area contributed by atoms with Crippen LogP contribution in [0.3, 0.4) is 0 Å². The van der Waals surface area contributed by atoms with Gasteiger partial charge >= 0.3 is 0 Å². The number of amides is 2. The van der Waals surface area contributed by atoms with E-state index in [9.17, 15) is 9.59 Å². The molecular weight excluding hydrogens is 452 g/mol. The van der Waals surface area contributed by atoms with E-state index in [2.05, 4.69) is 54.2 Å². The van der Waals surface area contributed by atoms with Crippen LogP contribution in [0.15, 0.2) is 48.1 Å². The first-order valence-electron chi connectivity index (χ1n) is 10.8. The Morgan fingerprint density at radius 2 is 1.85 bits per heavy atom. The highest BCUT2D eigenvalue weighted by Crippen LogP contribution is 2.19. The molecule has 34 heavy (non-hydrogen) atoms. The second kappa shape index (κ2) is 10.8. The molecule has 0 radical (unpaired) electrons. The van der Waals surface area contributed by atoms with E-state index < -0.39 is 5.91 Å². The van der Waals surface area contributed by atoms with Gasteiger partial charge < -0.3 is 10.6 Å². The van der Waals surface area contributed by atoms with Crippen molar-refractivity contribution in [2.24, 2.45) is 0 Å². The normalized spacial score (nSPS) is 11.7. The lowest BCUT2D eigenvalue weighted by atomic mass is 10.1. The van der Waals surface area contributed by atoms with Crippen molar-refractivity contribution >= 4 is 23.2 Å². The number of carbonyl (C=O) groups is 2. The Balaban J connectivity index is 1.35. The summed E-state index contributed by atoms with van der Waals surface area (Å²) in [6, 6.07) is 10.7. The Bertz CT molecular complexity index is 1250. The summed E-state index contributed by atoms with van der Waals surface area (Å²) in [5, 5.41) is 21.6. The molecule has 0 aliphatic heterocycles. The van der Waals surface area contributed by atoms with E-state index in [-0.39, 0.29) is 23.3 Å². The quantitative estimate of drug-likeness (QED) is 0.337. The van der Waals surface area contributed by atoms with Gasteiger partial charge in [-0.2, -0.15) is 5.21 Å². The summed E-state index contributed by atoms with van der Waals surface area (Å²) in [7, 11) is 0. The van der Waals surface area contributed by atoms with Crippen LogP contribution in [-0.2, 0) is 13.0 Å². The van der Waals surface area contributed by atoms with Crippen LogP contribution in [0.4, 0.5) is 0 Å². The Kier molecular flexibility index (Phi) is 7.33. The number of rotatable bonds is 9. The molecule has 11 heteroatoms. The van der Waals surface area contributed by atoms with Crippen LogP contribution < -0.4 is 10.6 Å². The summed E-state index contributed by atoms with van der Waals surface area (Å²) < 4.78 is 0. The Morgan fingerprint density at radius 1 is 1.09 bits per heavy atom. The second-order valence-corrected chi connectivity index (χ2v) is 8.69. The van der Waals surface area contributed by atoms with Crippen LogP contribution in [0.25, 0.3) is 11.4 Å². The van der Waals surface area contributed by atoms with E-state index in [1.807, 2.05) is 36.6 Å². The number of carbonyl (C=O) groups excluding carboxylic acids is 2. The first-order chi connectivity index (χ1) is 16.5. The summed E-state index contributed by atoms with van der Waals surface area (Å²) >= 11 is 1.69. The molecule has 1 atom stereocenters. The standard InChI is InChI=1S/C23H24N8O2S/c1-3-4-18-9-15(12-34-18)11-24-22(32)19-10-20(26-13-25-19)23(33)27-14(2)16-5-7-17(8-6-16)21-28-30-31-29-21/h5-10,12-14H,3-4,11H2,1-2H3,(H,24,32)(H,27,33)(H,28,29,30,31)/t14-/m0/s1. The fourth-order valence-electron chi connectivity index (χ4n) is 3.33. The Morgan fingerprint density at radius 3 is 2.56 bits per heavy atom. The summed E-state index contributed by atoms with van der Waals surface area (Å²) in [6.07, 6.45) is 3.34. The molecule has 0 unspecified atom stereocenters. The Labute approximate surface area is 200 Å². The largest absolute Gasteiger partial charge is 0.347 e. The fraction of sp³-hybridized carbons (Fsp3) is 0.261. The Hall–Kier alpha value is -3.99. The number of tetrazole rings is 1. The lowest BCUT2D eigenvalue weighted by molar-refractivity contribution is 0.0934. The summed E-state index contributed by atoms with van der Waals surface area (Å²) in [5.74, 6) is -0.256. The maximum Gasteiger partial charge on any atom is 0.270 e. The van der Waals surface area contributed by atoms with Crippen molar-refractivity contribution in [1.29, 1.82) is 0 Å². The van der Waals surface area contributed by atoms with Gasteiger partial charge in [0.25, 0.3) is 11.8 Å². The maximum atomic E-state index is 12.7. The van der Waals surface area contributed by atoms with E-state index >= 15 is 0 Å². The molecule has 0 spiro atoms. The minimum absolute atomic E-state index is 0.121. The average Bonchev–Trinajstić information content (AvgIpc) is 3.55. The molecule has 3 N–H and O–H groups in total. The molecule has 0 aliphatic rings. The zero-order chi connectivity index (χ0) is 23.9. The van der Waals surface area contributed by atoms with E-state index in [0.717, 1.165) is 29.5 Å². The monoisotopic (exact) mass is 476 g/mol. The smallest absolute Gasteiger partial charge is 0.270 e. The summed E-state index contributed by atoms with van der Waals surface area (Å²) in [6.45, 7) is 4.41. The van der Waals surface area contributed by atoms with Crippen molar-refractivity contribution in [2.75, 3.05) is 0 Å². The van der Waals surface area contributed by atoms with Gasteiger partial charge in [0.15, 0.2) is 0 Å². The van der Waals surface area contributed by atoms with Crippen molar-refractivity contribution in [1.82, 2.24) is 41.2 Å². The summed E-state index contributed by atoms with van der Waals surface area (Å²) in [4.78, 5) is 34.6. The molecule has 4 aromatic rings. The van der Waals surface area contributed by atoms with E-state index in [1.165, 1.54) is 17.3 Å². The minimum atomic E-state index is -0.395. The van der Waals surface area contributed by atoms with Gasteiger partial charge in [0, 0.05) is 23.1 Å². The number of aromatic nitrogens is 6. The minimum Gasteiger partial charge on any atom is -0.347 e. The van der Waals surface area contributed by atoms with Gasteiger partial charge in [0.1, 0.15) is 17.7 Å². The third-order valence-corrected chi connectivity index (χ3v) is 6.20. The number of hydrogen-bond donors (Lipinski definition) is 3. The van der Waals surface area contributed by atoms with Gasteiger partial charge in [0.2, 0.25) is 5.82 Å². The number of aromatic amines is 1. The number of nitrogens with one attached hydrogen (secondary N) is 3. The van der Waals surface area contributed by atoms with Crippen LogP contribution in [-0.4, -0.2) is 42.4 Å². The molecule has 0 saturated heterocycles. The van der Waals surface area contributed by atoms with Gasteiger partial charge in [-0.3, -0.25) is 9.59 Å². The lowest BCUT2D eigenvalue weighted by Crippen LogP contribution is -2.29. The number of benzene rings is 1. The predicted molar refractivity (Wildman–Crippen MR) is 127 cm³/mol. The third kappa shape index (κ3) is 5.67. The molecule has 0 bridgehead atoms. The highest BCUT2D eigenvalue weighted by atomic mass is 32.1. The van der Waals surface area contributed by atoms with Crippen molar-refractivity contribution in [3.05, 3.63) is 75.5 Å². The van der Waals surface area contributed by atoms with E-state index in [1.54, 1.807) is 11.3 Å². The van der Waals surface area contributed by atoms with Gasteiger partial charge in [0.05, 0.1) is 6.04 Å². The molecule has 3 heterocycles. The van der Waals surface area contributed by atoms with Gasteiger partial charge in [-0.25, -0.2) is 9.97 Å². The molecule has 2 amide bonds. The average molecular weight is 477 g/mol. The van der Waals surface area contributed by atoms with Crippen molar-refractivity contribution in [3.63, 3.8) is 0 Å². The third-order valence-electron chi connectivity index (χ3n) is 5.15. The van der Waals surface area contributed by atoms with Crippen LogP contribution in [0.1, 0.15) is 63.3 Å². The molecule has 0 aliphatic carbocycles. The zero-order valence-corrected chi connectivity index (χ0v) is 19.6. The summed E-state index contributed by atoms with van der Waals surface area (Å²) in [5.41, 5.74) is 3.02. The van der Waals surface area contributed by atoms with Crippen LogP contribution in [0, 0.1) is 0 Å². The number of nitrogens with zero attached hydrogens (tertiary/aromatic N) is 5. The maximum absolute atomic E-state index is 12.7. The van der Waals surface area contributed by atoms with Gasteiger partial charge in [-0.1, -0.05) is 37.6 Å². The van der Waals surface area contributed by atoms with Crippen LogP contribution in [0.5, 0.6) is 0 Å². The van der Waals surface area contributed by atoms with Gasteiger partial charge in [-0.15, -0.1) is 21.5 Å². The molecule has 174 valence electrons. The van der Waals surface area contributed by atoms with Gasteiger partial charge in [-0.05, 0) is 41.1 Å². The highest BCUT2D eigenvalue weighted by molar-refractivity contribution is 7.10. The molecule has 3 aromatic heterocycles. The topological polar surface area (TPSA) is 138 Å². The van der Waals surface area contributed by atoms with Crippen molar-refractivity contribution in [3.8, 4) is 11.4 Å². The predicted octanol–water partition coefficient (Wildman–Crippen LogP) is 3.09. The number of H-pyrrole nitrogens is 1. The van der Waals surface area contributed by atoms with Crippen LogP contribution >= 0.6 is 11.3 Å². The second-order valence-electron chi connectivity index (χ2n) is 7.70. The van der Waals surface area contributed by atoms with E-state index in [4.69, 9.17) is 0 Å². The lowest BCUT2D eigenvalue weighted by Gasteiger charge is -2.14. The molecule has 10 nitrogen and oxygen atoms in total. The number of aryl methyl sites for hydroxylation is 1. The zero-order valence-electron chi connectivity index (χ0n) is 18.8. The van der Waals surface area contributed by atoms with E-state index in [0.29, 0.717) is 12.4 Å². The molecule has 4 rings (SSSR count). The highest BCUT2D eigenvalue weighted by Gasteiger charge is 2.16. The SMILES string of the molecule is CCCc1cc(CNC(=O)c2cc(C(=O)N[C@@H](C)c3ccc(-c4nn[nH]n4)cc3)ncn2)cs1. The fourth-order valence-corrected chi connectivity index (χ4v) is 4.33. The van der Waals surface area contributed by atoms with Crippen LogP contribution in [0.2, 0.25) is 0 Å². The first-order valence-corrected chi connectivity index (χ1v) is 11.7. The number of hydrogen-bond acceptors (Lipinski definition) is 8. The van der Waals surface area contributed by atoms with Crippen molar-refractivity contribution in [2.45, 2.75) is 39.3 Å². The molecule has 0 saturated carbocycles. The molecule has 0 fully saturated rings. The van der Waals surface area contributed by atoms with Crippen molar-refractivity contribution < 1.29 is 9.59 Å². The first kappa shape index (κ1) is 23.2.